The molecule has 0 radical (unpaired) electrons. The molecule has 0 saturated heterocycles. The van der Waals surface area contributed by atoms with Crippen LogP contribution in [0.15, 0.2) is 0 Å². The van der Waals surface area contributed by atoms with Crippen LogP contribution in [0, 0.1) is 11.8 Å². The maximum absolute atomic E-state index is 11.8. The topological polar surface area (TPSA) is 41.6 Å². The van der Waals surface area contributed by atoms with E-state index < -0.39 is 5.60 Å². The summed E-state index contributed by atoms with van der Waals surface area (Å²) >= 11 is 0. The van der Waals surface area contributed by atoms with Gasteiger partial charge in [-0.05, 0) is 71.3 Å². The monoisotopic (exact) mass is 282 g/mol. The summed E-state index contributed by atoms with van der Waals surface area (Å²) in [6.07, 6.45) is 6.40. The van der Waals surface area contributed by atoms with E-state index in [1.165, 1.54) is 25.7 Å². The Morgan fingerprint density at radius 3 is 2.25 bits per heavy atom. The van der Waals surface area contributed by atoms with Gasteiger partial charge in [0.1, 0.15) is 5.60 Å². The summed E-state index contributed by atoms with van der Waals surface area (Å²) in [6.45, 7) is 7.46. The van der Waals surface area contributed by atoms with E-state index in [0.717, 1.165) is 37.4 Å². The SMILES string of the molecule is CN(CCCNC(C1CC1)C1CC1)C(=O)OC(C)(C)C. The Bertz CT molecular complexity index is 318. The second-order valence-electron chi connectivity index (χ2n) is 7.41. The lowest BCUT2D eigenvalue weighted by Crippen LogP contribution is -2.37. The number of nitrogens with zero attached hydrogens (tertiary/aromatic N) is 1. The van der Waals surface area contributed by atoms with Crippen molar-refractivity contribution in [3.8, 4) is 0 Å². The maximum atomic E-state index is 11.8. The molecule has 0 bridgehead atoms. The molecule has 0 aromatic carbocycles. The minimum Gasteiger partial charge on any atom is -0.444 e. The average Bonchev–Trinajstić information content (AvgIpc) is 3.19. The third kappa shape index (κ3) is 5.31. The smallest absolute Gasteiger partial charge is 0.410 e. The molecule has 4 heteroatoms. The first-order valence-corrected chi connectivity index (χ1v) is 8.04. The first kappa shape index (κ1) is 15.6. The van der Waals surface area contributed by atoms with E-state index in [4.69, 9.17) is 4.74 Å². The van der Waals surface area contributed by atoms with Gasteiger partial charge in [0.2, 0.25) is 0 Å². The van der Waals surface area contributed by atoms with E-state index in [1.54, 1.807) is 4.90 Å². The van der Waals surface area contributed by atoms with Gasteiger partial charge in [-0.25, -0.2) is 4.79 Å². The number of nitrogens with one attached hydrogen (secondary N) is 1. The zero-order valence-electron chi connectivity index (χ0n) is 13.4. The molecule has 4 nitrogen and oxygen atoms in total. The second-order valence-corrected chi connectivity index (χ2v) is 7.41. The van der Waals surface area contributed by atoms with Gasteiger partial charge in [-0.2, -0.15) is 0 Å². The quantitative estimate of drug-likeness (QED) is 0.730. The van der Waals surface area contributed by atoms with E-state index in [2.05, 4.69) is 5.32 Å². The van der Waals surface area contributed by atoms with Crippen molar-refractivity contribution >= 4 is 6.09 Å². The lowest BCUT2D eigenvalue weighted by Gasteiger charge is -2.25. The molecule has 1 N–H and O–H groups in total. The van der Waals surface area contributed by atoms with Crippen molar-refractivity contribution in [2.75, 3.05) is 20.1 Å². The lowest BCUT2D eigenvalue weighted by molar-refractivity contribution is 0.0297. The van der Waals surface area contributed by atoms with Gasteiger partial charge in [0, 0.05) is 19.6 Å². The van der Waals surface area contributed by atoms with Crippen LogP contribution in [0.25, 0.3) is 0 Å². The molecule has 0 spiro atoms. The first-order valence-electron chi connectivity index (χ1n) is 8.04. The van der Waals surface area contributed by atoms with Crippen LogP contribution >= 0.6 is 0 Å². The van der Waals surface area contributed by atoms with Crippen LogP contribution in [0.3, 0.4) is 0 Å². The van der Waals surface area contributed by atoms with Crippen LogP contribution in [0.4, 0.5) is 4.79 Å². The van der Waals surface area contributed by atoms with Crippen molar-refractivity contribution < 1.29 is 9.53 Å². The molecule has 0 aliphatic heterocycles. The van der Waals surface area contributed by atoms with Gasteiger partial charge in [-0.1, -0.05) is 0 Å². The Morgan fingerprint density at radius 2 is 1.80 bits per heavy atom. The second kappa shape index (κ2) is 6.33. The fourth-order valence-corrected chi connectivity index (χ4v) is 2.65. The van der Waals surface area contributed by atoms with E-state index in [9.17, 15) is 4.79 Å². The first-order chi connectivity index (χ1) is 9.37. The fourth-order valence-electron chi connectivity index (χ4n) is 2.65. The van der Waals surface area contributed by atoms with E-state index in [-0.39, 0.29) is 6.09 Å². The normalized spacial score (nSPS) is 19.2. The fraction of sp³-hybridized carbons (Fsp3) is 0.938. The number of rotatable bonds is 7. The minimum atomic E-state index is -0.410. The third-order valence-corrected chi connectivity index (χ3v) is 4.02. The Hall–Kier alpha value is -0.770. The Kier molecular flexibility index (Phi) is 4.95. The molecule has 0 aromatic rings. The summed E-state index contributed by atoms with van der Waals surface area (Å²) in [4.78, 5) is 13.5. The number of carbonyl (C=O) groups excluding carboxylic acids is 1. The van der Waals surface area contributed by atoms with Crippen molar-refractivity contribution in [2.45, 2.75) is 64.5 Å². The number of ether oxygens (including phenoxy) is 1. The Labute approximate surface area is 123 Å². The third-order valence-electron chi connectivity index (χ3n) is 4.02. The van der Waals surface area contributed by atoms with Crippen molar-refractivity contribution in [3.05, 3.63) is 0 Å². The molecule has 2 fully saturated rings. The van der Waals surface area contributed by atoms with E-state index >= 15 is 0 Å². The average molecular weight is 282 g/mol. The number of carbonyl (C=O) groups is 1. The van der Waals surface area contributed by atoms with Crippen LogP contribution in [-0.4, -0.2) is 42.8 Å². The molecule has 2 saturated carbocycles. The summed E-state index contributed by atoms with van der Waals surface area (Å²) in [6, 6.07) is 0.752. The predicted molar refractivity (Wildman–Crippen MR) is 80.7 cm³/mol. The van der Waals surface area contributed by atoms with Gasteiger partial charge in [-0.15, -0.1) is 0 Å². The molecule has 0 unspecified atom stereocenters. The Balaban J connectivity index is 1.58. The van der Waals surface area contributed by atoms with Gasteiger partial charge < -0.3 is 15.0 Å². The Morgan fingerprint density at radius 1 is 1.25 bits per heavy atom. The van der Waals surface area contributed by atoms with Crippen molar-refractivity contribution in [1.29, 1.82) is 0 Å². The molecule has 1 amide bonds. The van der Waals surface area contributed by atoms with Crippen LogP contribution in [0.5, 0.6) is 0 Å². The zero-order valence-corrected chi connectivity index (χ0v) is 13.4. The largest absolute Gasteiger partial charge is 0.444 e. The molecule has 0 atom stereocenters. The summed E-state index contributed by atoms with van der Waals surface area (Å²) in [5.74, 6) is 1.87. The van der Waals surface area contributed by atoms with Crippen molar-refractivity contribution in [1.82, 2.24) is 10.2 Å². The molecule has 2 rings (SSSR count). The summed E-state index contributed by atoms with van der Waals surface area (Å²) in [5, 5.41) is 3.71. The molecule has 2 aliphatic rings. The molecule has 20 heavy (non-hydrogen) atoms. The molecular weight excluding hydrogens is 252 g/mol. The highest BCUT2D eigenvalue weighted by atomic mass is 16.6. The molecule has 2 aliphatic carbocycles. The van der Waals surface area contributed by atoms with Gasteiger partial charge in [0.05, 0.1) is 0 Å². The van der Waals surface area contributed by atoms with Crippen LogP contribution in [0.2, 0.25) is 0 Å². The molecule has 116 valence electrons. The van der Waals surface area contributed by atoms with Crippen LogP contribution < -0.4 is 5.32 Å². The highest BCUT2D eigenvalue weighted by Gasteiger charge is 2.40. The van der Waals surface area contributed by atoms with Gasteiger partial charge in [0.15, 0.2) is 0 Å². The number of hydrogen-bond acceptors (Lipinski definition) is 3. The molecule has 0 heterocycles. The summed E-state index contributed by atoms with van der Waals surface area (Å²) in [5.41, 5.74) is -0.410. The zero-order chi connectivity index (χ0) is 14.8. The van der Waals surface area contributed by atoms with Crippen LogP contribution in [-0.2, 0) is 4.74 Å². The standard InChI is InChI=1S/C16H30N2O2/c1-16(2,3)20-15(19)18(4)11-5-10-17-14(12-6-7-12)13-8-9-13/h12-14,17H,5-11H2,1-4H3. The molecular formula is C16H30N2O2. The van der Waals surface area contributed by atoms with E-state index in [0.29, 0.717) is 0 Å². The lowest BCUT2D eigenvalue weighted by atomic mass is 10.1. The summed E-state index contributed by atoms with van der Waals surface area (Å²) in [7, 11) is 1.81. The highest BCUT2D eigenvalue weighted by Crippen LogP contribution is 2.44. The van der Waals surface area contributed by atoms with Gasteiger partial charge in [-0.3, -0.25) is 0 Å². The number of amides is 1. The minimum absolute atomic E-state index is 0.224. The van der Waals surface area contributed by atoms with E-state index in [1.807, 2.05) is 27.8 Å². The van der Waals surface area contributed by atoms with Crippen molar-refractivity contribution in [2.24, 2.45) is 11.8 Å². The maximum Gasteiger partial charge on any atom is 0.410 e. The number of hydrogen-bond donors (Lipinski definition) is 1. The summed E-state index contributed by atoms with van der Waals surface area (Å²) < 4.78 is 5.34. The van der Waals surface area contributed by atoms with Gasteiger partial charge >= 0.3 is 6.09 Å². The predicted octanol–water partition coefficient (Wildman–Crippen LogP) is 3.02. The highest BCUT2D eigenvalue weighted by molar-refractivity contribution is 5.67. The molecule has 0 aromatic heterocycles. The van der Waals surface area contributed by atoms with Gasteiger partial charge in [0.25, 0.3) is 0 Å². The van der Waals surface area contributed by atoms with Crippen LogP contribution in [0.1, 0.15) is 52.9 Å². The van der Waals surface area contributed by atoms with Crippen molar-refractivity contribution in [3.63, 3.8) is 0 Å².